The van der Waals surface area contributed by atoms with Crippen LogP contribution in [0.15, 0.2) is 29.4 Å². The van der Waals surface area contributed by atoms with E-state index in [2.05, 4.69) is 23.8 Å². The molecule has 27 heavy (non-hydrogen) atoms. The number of H-pyrrole nitrogens is 1. The van der Waals surface area contributed by atoms with E-state index in [4.69, 9.17) is 9.47 Å². The van der Waals surface area contributed by atoms with Gasteiger partial charge in [-0.25, -0.2) is 4.98 Å². The summed E-state index contributed by atoms with van der Waals surface area (Å²) in [6, 6.07) is 7.82. The Morgan fingerprint density at radius 3 is 2.93 bits per heavy atom. The number of carbonyl (C=O) groups is 2. The third-order valence-corrected chi connectivity index (χ3v) is 5.83. The van der Waals surface area contributed by atoms with Crippen molar-refractivity contribution in [2.75, 3.05) is 12.4 Å². The fraction of sp³-hybridized carbons (Fsp3) is 0.550. The summed E-state index contributed by atoms with van der Waals surface area (Å²) in [5.74, 6) is 0.0470. The molecule has 0 amide bonds. The Morgan fingerprint density at radius 1 is 1.44 bits per heavy atom. The highest BCUT2D eigenvalue weighted by molar-refractivity contribution is 7.99. The number of rotatable bonds is 8. The standard InChI is InChI=1S/C20H26N2O4S/c1-4-25-17(23)20(10-9-13(2)3)11-14(26-18(20)24)12-27-19-21-15-7-5-6-8-16(15)22-19/h5-8,13-14H,4,9-12H2,1-3H3,(H,21,22)/t14-,20-/m0/s1. The van der Waals surface area contributed by atoms with Crippen LogP contribution in [0.25, 0.3) is 11.0 Å². The number of fused-ring (bicyclic) bond motifs is 1. The number of aromatic nitrogens is 2. The van der Waals surface area contributed by atoms with Crippen molar-refractivity contribution in [3.05, 3.63) is 24.3 Å². The Bertz CT molecular complexity index is 786. The molecule has 1 saturated heterocycles. The van der Waals surface area contributed by atoms with Crippen molar-refractivity contribution in [1.82, 2.24) is 9.97 Å². The second-order valence-electron chi connectivity index (χ2n) is 7.34. The molecule has 0 aliphatic carbocycles. The van der Waals surface area contributed by atoms with E-state index in [1.54, 1.807) is 6.92 Å². The molecule has 0 saturated carbocycles. The molecule has 6 nitrogen and oxygen atoms in total. The lowest BCUT2D eigenvalue weighted by Gasteiger charge is -2.23. The molecular formula is C20H26N2O4S. The van der Waals surface area contributed by atoms with Crippen molar-refractivity contribution in [2.45, 2.75) is 51.3 Å². The molecule has 0 unspecified atom stereocenters. The molecule has 1 aromatic heterocycles. The predicted molar refractivity (Wildman–Crippen MR) is 104 cm³/mol. The van der Waals surface area contributed by atoms with Crippen LogP contribution in [-0.4, -0.2) is 40.4 Å². The Morgan fingerprint density at radius 2 is 2.22 bits per heavy atom. The number of ether oxygens (including phenoxy) is 2. The lowest BCUT2D eigenvalue weighted by atomic mass is 9.79. The number of hydrogen-bond donors (Lipinski definition) is 1. The van der Waals surface area contributed by atoms with Crippen LogP contribution in [0.2, 0.25) is 0 Å². The smallest absolute Gasteiger partial charge is 0.323 e. The second kappa shape index (κ2) is 8.33. The van der Waals surface area contributed by atoms with Gasteiger partial charge in [0.2, 0.25) is 0 Å². The number of esters is 2. The summed E-state index contributed by atoms with van der Waals surface area (Å²) in [4.78, 5) is 33.0. The second-order valence-corrected chi connectivity index (χ2v) is 8.35. The number of thioether (sulfide) groups is 1. The van der Waals surface area contributed by atoms with Crippen LogP contribution in [-0.2, 0) is 19.1 Å². The van der Waals surface area contributed by atoms with E-state index in [1.807, 2.05) is 24.3 Å². The van der Waals surface area contributed by atoms with Crippen LogP contribution in [0.4, 0.5) is 0 Å². The van der Waals surface area contributed by atoms with E-state index in [1.165, 1.54) is 11.8 Å². The molecule has 0 spiro atoms. The van der Waals surface area contributed by atoms with Crippen LogP contribution >= 0.6 is 11.8 Å². The quantitative estimate of drug-likeness (QED) is 0.417. The van der Waals surface area contributed by atoms with E-state index in [0.29, 0.717) is 24.5 Å². The first-order valence-electron chi connectivity index (χ1n) is 9.40. The average Bonchev–Trinajstić information content (AvgIpc) is 3.19. The molecule has 2 heterocycles. The maximum absolute atomic E-state index is 12.6. The van der Waals surface area contributed by atoms with Crippen molar-refractivity contribution in [3.8, 4) is 0 Å². The summed E-state index contributed by atoms with van der Waals surface area (Å²) in [5.41, 5.74) is 0.710. The SMILES string of the molecule is CCOC(=O)[C@]1(CCC(C)C)C[C@@H](CSc2nc3ccccc3[nH]2)OC1=O. The van der Waals surface area contributed by atoms with Crippen molar-refractivity contribution in [2.24, 2.45) is 11.3 Å². The Balaban J connectivity index is 1.68. The first-order chi connectivity index (χ1) is 12.9. The van der Waals surface area contributed by atoms with Crippen molar-refractivity contribution >= 4 is 34.7 Å². The minimum Gasteiger partial charge on any atom is -0.465 e. The van der Waals surface area contributed by atoms with Crippen LogP contribution in [0.5, 0.6) is 0 Å². The van der Waals surface area contributed by atoms with Gasteiger partial charge in [-0.15, -0.1) is 0 Å². The fourth-order valence-electron chi connectivity index (χ4n) is 3.32. The molecule has 3 rings (SSSR count). The van der Waals surface area contributed by atoms with Gasteiger partial charge < -0.3 is 14.5 Å². The van der Waals surface area contributed by atoms with Gasteiger partial charge in [0, 0.05) is 12.2 Å². The van der Waals surface area contributed by atoms with Gasteiger partial charge in [0.05, 0.1) is 17.6 Å². The highest BCUT2D eigenvalue weighted by Gasteiger charge is 2.55. The van der Waals surface area contributed by atoms with Crippen LogP contribution in [0, 0.1) is 11.3 Å². The van der Waals surface area contributed by atoms with Crippen molar-refractivity contribution in [3.63, 3.8) is 0 Å². The number of para-hydroxylation sites is 2. The molecule has 0 radical (unpaired) electrons. The first kappa shape index (κ1) is 19.7. The van der Waals surface area contributed by atoms with E-state index < -0.39 is 17.4 Å². The summed E-state index contributed by atoms with van der Waals surface area (Å²) in [6.07, 6.45) is 1.28. The molecule has 1 aromatic carbocycles. The average molecular weight is 391 g/mol. The van der Waals surface area contributed by atoms with Gasteiger partial charge in [0.15, 0.2) is 10.6 Å². The summed E-state index contributed by atoms with van der Waals surface area (Å²) >= 11 is 1.50. The molecule has 7 heteroatoms. The number of imidazole rings is 1. The lowest BCUT2D eigenvalue weighted by Crippen LogP contribution is -2.38. The maximum atomic E-state index is 12.6. The number of carbonyl (C=O) groups excluding carboxylic acids is 2. The van der Waals surface area contributed by atoms with Crippen molar-refractivity contribution < 1.29 is 19.1 Å². The molecule has 0 bridgehead atoms. The molecular weight excluding hydrogens is 364 g/mol. The van der Waals surface area contributed by atoms with Gasteiger partial charge in [-0.05, 0) is 37.8 Å². The molecule has 146 valence electrons. The van der Waals surface area contributed by atoms with Gasteiger partial charge in [-0.2, -0.15) is 0 Å². The molecule has 2 atom stereocenters. The number of nitrogens with one attached hydrogen (secondary N) is 1. The van der Waals surface area contributed by atoms with E-state index >= 15 is 0 Å². The molecule has 1 N–H and O–H groups in total. The zero-order valence-electron chi connectivity index (χ0n) is 16.0. The number of nitrogens with zero attached hydrogens (tertiary/aromatic N) is 1. The van der Waals surface area contributed by atoms with Gasteiger partial charge in [-0.3, -0.25) is 9.59 Å². The summed E-state index contributed by atoms with van der Waals surface area (Å²) in [5, 5.41) is 0.781. The molecule has 1 fully saturated rings. The number of cyclic esters (lactones) is 1. The summed E-state index contributed by atoms with van der Waals surface area (Å²) in [7, 11) is 0. The zero-order valence-corrected chi connectivity index (χ0v) is 16.8. The Kier molecular flexibility index (Phi) is 6.09. The largest absolute Gasteiger partial charge is 0.465 e. The molecule has 2 aromatic rings. The number of benzene rings is 1. The van der Waals surface area contributed by atoms with Crippen LogP contribution < -0.4 is 0 Å². The normalized spacial score (nSPS) is 22.4. The van der Waals surface area contributed by atoms with Crippen LogP contribution in [0.1, 0.15) is 40.0 Å². The summed E-state index contributed by atoms with van der Waals surface area (Å²) in [6.45, 7) is 6.17. The van der Waals surface area contributed by atoms with Gasteiger partial charge >= 0.3 is 11.9 Å². The number of aromatic amines is 1. The fourth-order valence-corrected chi connectivity index (χ4v) is 4.19. The topological polar surface area (TPSA) is 81.3 Å². The lowest BCUT2D eigenvalue weighted by molar-refractivity contribution is -0.165. The highest BCUT2D eigenvalue weighted by atomic mass is 32.2. The van der Waals surface area contributed by atoms with E-state index in [-0.39, 0.29) is 12.7 Å². The predicted octanol–water partition coefficient (Wildman–Crippen LogP) is 3.96. The minimum atomic E-state index is -1.17. The highest BCUT2D eigenvalue weighted by Crippen LogP contribution is 2.42. The van der Waals surface area contributed by atoms with Crippen LogP contribution in [0.3, 0.4) is 0 Å². The van der Waals surface area contributed by atoms with E-state index in [0.717, 1.165) is 22.6 Å². The van der Waals surface area contributed by atoms with E-state index in [9.17, 15) is 9.59 Å². The first-order valence-corrected chi connectivity index (χ1v) is 10.4. The Hall–Kier alpha value is -2.02. The third kappa shape index (κ3) is 4.29. The monoisotopic (exact) mass is 390 g/mol. The maximum Gasteiger partial charge on any atom is 0.323 e. The molecule has 1 aliphatic heterocycles. The zero-order chi connectivity index (χ0) is 19.4. The number of hydrogen-bond acceptors (Lipinski definition) is 6. The Labute approximate surface area is 163 Å². The van der Waals surface area contributed by atoms with Gasteiger partial charge in [-0.1, -0.05) is 37.7 Å². The van der Waals surface area contributed by atoms with Crippen molar-refractivity contribution in [1.29, 1.82) is 0 Å². The van der Waals surface area contributed by atoms with Gasteiger partial charge in [0.25, 0.3) is 0 Å². The summed E-state index contributed by atoms with van der Waals surface area (Å²) < 4.78 is 10.8. The molecule has 1 aliphatic rings. The third-order valence-electron chi connectivity index (χ3n) is 4.83. The minimum absolute atomic E-state index is 0.258. The van der Waals surface area contributed by atoms with Gasteiger partial charge in [0.1, 0.15) is 6.10 Å².